The molecule has 0 N–H and O–H groups in total. The number of aliphatic imine (C=N–C) groups is 2. The lowest BCUT2D eigenvalue weighted by molar-refractivity contribution is -0.384. The second-order valence-electron chi connectivity index (χ2n) is 5.85. The molecule has 0 radical (unpaired) electrons. The van der Waals surface area contributed by atoms with Crippen LogP contribution in [0.3, 0.4) is 0 Å². The predicted molar refractivity (Wildman–Crippen MR) is 102 cm³/mol. The quantitative estimate of drug-likeness (QED) is 0.206. The highest BCUT2D eigenvalue weighted by Crippen LogP contribution is 2.37. The highest BCUT2D eigenvalue weighted by molar-refractivity contribution is 5.64. The van der Waals surface area contributed by atoms with E-state index in [4.69, 9.17) is 0 Å². The zero-order valence-electron chi connectivity index (χ0n) is 14.5. The highest BCUT2D eigenvalue weighted by Gasteiger charge is 2.22. The molecule has 3 aromatic rings. The average Bonchev–Trinajstić information content (AvgIpc) is 2.71. The van der Waals surface area contributed by atoms with Crippen LogP contribution in [-0.2, 0) is 9.59 Å². The van der Waals surface area contributed by atoms with Crippen molar-refractivity contribution in [1.29, 1.82) is 0 Å². The fourth-order valence-electron chi connectivity index (χ4n) is 3.03. The van der Waals surface area contributed by atoms with Crippen LogP contribution in [0.5, 0.6) is 0 Å². The van der Waals surface area contributed by atoms with Gasteiger partial charge in [0.05, 0.1) is 10.6 Å². The predicted octanol–water partition coefficient (Wildman–Crippen LogP) is 4.71. The molecule has 0 spiro atoms. The Morgan fingerprint density at radius 2 is 1.39 bits per heavy atom. The second kappa shape index (κ2) is 8.47. The molecule has 0 saturated carbocycles. The number of rotatable bonds is 6. The Kier molecular flexibility index (Phi) is 5.63. The third-order valence-electron chi connectivity index (χ3n) is 4.23. The summed E-state index contributed by atoms with van der Waals surface area (Å²) in [6.07, 6.45) is 2.83. The summed E-state index contributed by atoms with van der Waals surface area (Å²) in [6, 6.07) is 21.0. The van der Waals surface area contributed by atoms with Gasteiger partial charge in [-0.2, -0.15) is 9.98 Å². The number of hydrogen-bond acceptors (Lipinski definition) is 6. The van der Waals surface area contributed by atoms with Gasteiger partial charge in [0.15, 0.2) is 5.69 Å². The lowest BCUT2D eigenvalue weighted by Crippen LogP contribution is -2.04. The van der Waals surface area contributed by atoms with E-state index in [1.807, 2.05) is 30.3 Å². The van der Waals surface area contributed by atoms with E-state index in [-0.39, 0.29) is 17.3 Å². The van der Waals surface area contributed by atoms with Crippen molar-refractivity contribution in [1.82, 2.24) is 0 Å². The smallest absolute Gasteiger partial charge is 0.258 e. The highest BCUT2D eigenvalue weighted by atomic mass is 16.6. The summed E-state index contributed by atoms with van der Waals surface area (Å²) >= 11 is 0. The van der Waals surface area contributed by atoms with Gasteiger partial charge in [0.2, 0.25) is 12.2 Å². The first-order valence-electron chi connectivity index (χ1n) is 8.23. The molecule has 0 heterocycles. The molecule has 1 unspecified atom stereocenters. The Labute approximate surface area is 159 Å². The third kappa shape index (κ3) is 3.97. The molecule has 0 amide bonds. The van der Waals surface area contributed by atoms with Crippen molar-refractivity contribution in [3.8, 4) is 0 Å². The van der Waals surface area contributed by atoms with E-state index in [1.54, 1.807) is 30.3 Å². The molecule has 7 heteroatoms. The fourth-order valence-corrected chi connectivity index (χ4v) is 3.03. The molecule has 0 aromatic heterocycles. The third-order valence-corrected chi connectivity index (χ3v) is 4.23. The van der Waals surface area contributed by atoms with E-state index in [0.29, 0.717) is 11.3 Å². The number of nitrogens with zero attached hydrogens (tertiary/aromatic N) is 3. The van der Waals surface area contributed by atoms with E-state index in [9.17, 15) is 19.7 Å². The largest absolute Gasteiger partial charge is 0.296 e. The van der Waals surface area contributed by atoms with Crippen LogP contribution in [-0.4, -0.2) is 17.1 Å². The van der Waals surface area contributed by atoms with Crippen molar-refractivity contribution < 1.29 is 14.5 Å². The summed E-state index contributed by atoms with van der Waals surface area (Å²) in [6.45, 7) is 0. The Morgan fingerprint density at radius 1 is 0.786 bits per heavy atom. The van der Waals surface area contributed by atoms with Crippen LogP contribution in [0, 0.1) is 10.1 Å². The monoisotopic (exact) mass is 371 g/mol. The lowest BCUT2D eigenvalue weighted by atomic mass is 9.85. The maximum Gasteiger partial charge on any atom is 0.296 e. The van der Waals surface area contributed by atoms with Gasteiger partial charge in [-0.05, 0) is 34.9 Å². The lowest BCUT2D eigenvalue weighted by Gasteiger charge is -2.19. The molecule has 0 aliphatic carbocycles. The van der Waals surface area contributed by atoms with Crippen LogP contribution in [0.1, 0.15) is 22.6 Å². The molecule has 0 fully saturated rings. The maximum absolute atomic E-state index is 11.4. The molecular formula is C21H13N3O4. The van der Waals surface area contributed by atoms with Gasteiger partial charge in [0.25, 0.3) is 5.69 Å². The molecule has 0 saturated heterocycles. The van der Waals surface area contributed by atoms with Crippen molar-refractivity contribution in [2.75, 3.05) is 0 Å². The van der Waals surface area contributed by atoms with Crippen molar-refractivity contribution in [2.45, 2.75) is 5.92 Å². The van der Waals surface area contributed by atoms with E-state index >= 15 is 0 Å². The number of isocyanates is 2. The summed E-state index contributed by atoms with van der Waals surface area (Å²) in [5.74, 6) is -0.302. The standard InChI is InChI=1S/C21H13N3O4/c25-13-22-18-9-6-16(7-10-18)21(15-4-2-1-3-5-15)17-8-11-19(23-14-26)20(12-17)24(27)28/h1-12,21H. The van der Waals surface area contributed by atoms with Gasteiger partial charge in [-0.3, -0.25) is 10.1 Å². The first-order valence-corrected chi connectivity index (χ1v) is 8.23. The minimum atomic E-state index is -0.580. The first-order chi connectivity index (χ1) is 13.6. The minimum Gasteiger partial charge on any atom is -0.258 e. The number of benzene rings is 3. The maximum atomic E-state index is 11.4. The van der Waals surface area contributed by atoms with Crippen molar-refractivity contribution in [3.05, 3.63) is 99.6 Å². The molecular weight excluding hydrogens is 358 g/mol. The molecule has 28 heavy (non-hydrogen) atoms. The van der Waals surface area contributed by atoms with E-state index < -0.39 is 4.92 Å². The first kappa shape index (κ1) is 18.6. The summed E-state index contributed by atoms with van der Waals surface area (Å²) in [5.41, 5.74) is 2.59. The van der Waals surface area contributed by atoms with Gasteiger partial charge in [0, 0.05) is 12.0 Å². The topological polar surface area (TPSA) is 102 Å². The van der Waals surface area contributed by atoms with Crippen molar-refractivity contribution >= 4 is 29.2 Å². The SMILES string of the molecule is O=C=Nc1ccc(C(c2ccccc2)c2ccc(N=C=O)c([N+](=O)[O-])c2)cc1. The van der Waals surface area contributed by atoms with Crippen LogP contribution in [0.4, 0.5) is 17.1 Å². The van der Waals surface area contributed by atoms with Crippen LogP contribution >= 0.6 is 0 Å². The molecule has 7 nitrogen and oxygen atoms in total. The van der Waals surface area contributed by atoms with Crippen molar-refractivity contribution in [3.63, 3.8) is 0 Å². The summed E-state index contributed by atoms with van der Waals surface area (Å²) in [5, 5.41) is 11.4. The van der Waals surface area contributed by atoms with Gasteiger partial charge >= 0.3 is 0 Å². The number of carbonyl (C=O) groups excluding carboxylic acids is 2. The zero-order chi connectivity index (χ0) is 19.9. The van der Waals surface area contributed by atoms with Crippen molar-refractivity contribution in [2.24, 2.45) is 9.98 Å². The number of nitro benzene ring substituents is 1. The average molecular weight is 371 g/mol. The van der Waals surface area contributed by atoms with Crippen LogP contribution in [0.2, 0.25) is 0 Å². The normalized spacial score (nSPS) is 11.0. The minimum absolute atomic E-state index is 0.0498. The zero-order valence-corrected chi connectivity index (χ0v) is 14.5. The number of nitro groups is 1. The van der Waals surface area contributed by atoms with E-state index in [1.165, 1.54) is 24.3 Å². The second-order valence-corrected chi connectivity index (χ2v) is 5.85. The van der Waals surface area contributed by atoms with Gasteiger partial charge in [-0.15, -0.1) is 0 Å². The fraction of sp³-hybridized carbons (Fsp3) is 0.0476. The molecule has 0 bridgehead atoms. The van der Waals surface area contributed by atoms with Crippen LogP contribution in [0.25, 0.3) is 0 Å². The Morgan fingerprint density at radius 3 is 2.00 bits per heavy atom. The Bertz CT molecular complexity index is 1100. The molecule has 1 atom stereocenters. The summed E-state index contributed by atoms with van der Waals surface area (Å²) in [7, 11) is 0. The van der Waals surface area contributed by atoms with Crippen LogP contribution < -0.4 is 0 Å². The van der Waals surface area contributed by atoms with Gasteiger partial charge in [-0.1, -0.05) is 48.5 Å². The van der Waals surface area contributed by atoms with E-state index in [2.05, 4.69) is 9.98 Å². The van der Waals surface area contributed by atoms with Gasteiger partial charge in [-0.25, -0.2) is 9.59 Å². The molecule has 3 aromatic carbocycles. The molecule has 0 aliphatic rings. The molecule has 136 valence electrons. The van der Waals surface area contributed by atoms with Crippen LogP contribution in [0.15, 0.2) is 82.8 Å². The molecule has 3 rings (SSSR count). The van der Waals surface area contributed by atoms with Gasteiger partial charge < -0.3 is 0 Å². The Balaban J connectivity index is 2.17. The Hall–Kier alpha value is -4.18. The molecule has 0 aliphatic heterocycles. The number of hydrogen-bond donors (Lipinski definition) is 0. The summed E-state index contributed by atoms with van der Waals surface area (Å²) in [4.78, 5) is 38.8. The van der Waals surface area contributed by atoms with E-state index in [0.717, 1.165) is 11.1 Å². The summed E-state index contributed by atoms with van der Waals surface area (Å²) < 4.78 is 0. The van der Waals surface area contributed by atoms with Gasteiger partial charge in [0.1, 0.15) is 0 Å².